The molecule has 0 saturated carbocycles. The SMILES string of the molecule is Cc1cc(Nc2ccc(C(=O)O)cc2)nc(NCc2ccccc2Cl)n1. The summed E-state index contributed by atoms with van der Waals surface area (Å²) >= 11 is 6.16. The molecule has 3 aromatic rings. The molecule has 0 saturated heterocycles. The van der Waals surface area contributed by atoms with Crippen molar-refractivity contribution in [1.29, 1.82) is 0 Å². The van der Waals surface area contributed by atoms with E-state index in [-0.39, 0.29) is 5.56 Å². The van der Waals surface area contributed by atoms with Crippen LogP contribution in [0.1, 0.15) is 21.6 Å². The zero-order valence-corrected chi connectivity index (χ0v) is 14.8. The molecule has 0 radical (unpaired) electrons. The van der Waals surface area contributed by atoms with Crippen molar-refractivity contribution in [3.63, 3.8) is 0 Å². The van der Waals surface area contributed by atoms with Crippen LogP contribution in [0.3, 0.4) is 0 Å². The highest BCUT2D eigenvalue weighted by molar-refractivity contribution is 6.31. The molecule has 0 amide bonds. The molecule has 7 heteroatoms. The zero-order valence-electron chi connectivity index (χ0n) is 14.0. The van der Waals surface area contributed by atoms with Crippen molar-refractivity contribution in [3.8, 4) is 0 Å². The number of hydrogen-bond donors (Lipinski definition) is 3. The molecule has 0 aliphatic rings. The van der Waals surface area contributed by atoms with Gasteiger partial charge in [-0.2, -0.15) is 4.98 Å². The molecule has 0 atom stereocenters. The number of nitrogens with zero attached hydrogens (tertiary/aromatic N) is 2. The quantitative estimate of drug-likeness (QED) is 0.594. The van der Waals surface area contributed by atoms with Crippen LogP contribution in [0.2, 0.25) is 5.02 Å². The van der Waals surface area contributed by atoms with Crippen molar-refractivity contribution < 1.29 is 9.90 Å². The summed E-state index contributed by atoms with van der Waals surface area (Å²) in [6, 6.07) is 15.9. The number of aromatic nitrogens is 2. The van der Waals surface area contributed by atoms with Crippen molar-refractivity contribution in [2.24, 2.45) is 0 Å². The summed E-state index contributed by atoms with van der Waals surface area (Å²) < 4.78 is 0. The standard InChI is InChI=1S/C19H17ClN4O2/c1-12-10-17(23-15-8-6-13(7-9-15)18(25)26)24-19(22-12)21-11-14-4-2-3-5-16(14)20/h2-10H,11H2,1H3,(H,25,26)(H2,21,22,23,24). The molecule has 2 aromatic carbocycles. The summed E-state index contributed by atoms with van der Waals surface area (Å²) in [7, 11) is 0. The van der Waals surface area contributed by atoms with Crippen molar-refractivity contribution >= 4 is 35.0 Å². The number of aryl methyl sites for hydroxylation is 1. The molecule has 0 spiro atoms. The minimum absolute atomic E-state index is 0.233. The topological polar surface area (TPSA) is 87.1 Å². The Morgan fingerprint density at radius 3 is 2.54 bits per heavy atom. The number of carboxylic acid groups (broad SMARTS) is 1. The first kappa shape index (κ1) is 17.7. The Morgan fingerprint density at radius 1 is 1.12 bits per heavy atom. The number of aromatic carboxylic acids is 1. The Bertz CT molecular complexity index is 929. The minimum Gasteiger partial charge on any atom is -0.478 e. The first-order valence-corrected chi connectivity index (χ1v) is 8.32. The molecule has 6 nitrogen and oxygen atoms in total. The van der Waals surface area contributed by atoms with Gasteiger partial charge in [0, 0.05) is 29.0 Å². The molecule has 0 unspecified atom stereocenters. The molecular weight excluding hydrogens is 352 g/mol. The van der Waals surface area contributed by atoms with Crippen LogP contribution in [-0.4, -0.2) is 21.0 Å². The maximum Gasteiger partial charge on any atom is 0.335 e. The molecule has 0 fully saturated rings. The second kappa shape index (κ2) is 7.84. The van der Waals surface area contributed by atoms with Gasteiger partial charge in [-0.15, -0.1) is 0 Å². The van der Waals surface area contributed by atoms with E-state index >= 15 is 0 Å². The number of rotatable bonds is 6. The first-order chi connectivity index (χ1) is 12.5. The van der Waals surface area contributed by atoms with Crippen LogP contribution in [-0.2, 0) is 6.54 Å². The Labute approximate surface area is 155 Å². The molecule has 0 aliphatic carbocycles. The third-order valence-electron chi connectivity index (χ3n) is 3.65. The third-order valence-corrected chi connectivity index (χ3v) is 4.02. The van der Waals surface area contributed by atoms with E-state index in [4.69, 9.17) is 16.7 Å². The zero-order chi connectivity index (χ0) is 18.5. The Kier molecular flexibility index (Phi) is 5.34. The fraction of sp³-hybridized carbons (Fsp3) is 0.105. The second-order valence-corrected chi connectivity index (χ2v) is 6.08. The molecule has 1 heterocycles. The predicted molar refractivity (Wildman–Crippen MR) is 102 cm³/mol. The fourth-order valence-corrected chi connectivity index (χ4v) is 2.57. The average Bonchev–Trinajstić information content (AvgIpc) is 2.61. The highest BCUT2D eigenvalue weighted by atomic mass is 35.5. The lowest BCUT2D eigenvalue weighted by atomic mass is 10.2. The first-order valence-electron chi connectivity index (χ1n) is 7.94. The molecule has 3 N–H and O–H groups in total. The van der Waals surface area contributed by atoms with Gasteiger partial charge < -0.3 is 15.7 Å². The van der Waals surface area contributed by atoms with Crippen molar-refractivity contribution in [2.75, 3.05) is 10.6 Å². The summed E-state index contributed by atoms with van der Waals surface area (Å²) in [4.78, 5) is 19.7. The van der Waals surface area contributed by atoms with Gasteiger partial charge in [0.25, 0.3) is 0 Å². The number of carboxylic acids is 1. The van der Waals surface area contributed by atoms with Gasteiger partial charge in [0.2, 0.25) is 5.95 Å². The summed E-state index contributed by atoms with van der Waals surface area (Å²) in [5, 5.41) is 16.0. The Balaban J connectivity index is 1.73. The largest absolute Gasteiger partial charge is 0.478 e. The van der Waals surface area contributed by atoms with Gasteiger partial charge >= 0.3 is 5.97 Å². The predicted octanol–water partition coefficient (Wildman–Crippen LogP) is 4.49. The van der Waals surface area contributed by atoms with Crippen LogP contribution in [0.4, 0.5) is 17.5 Å². The van der Waals surface area contributed by atoms with Crippen molar-refractivity contribution in [2.45, 2.75) is 13.5 Å². The van der Waals surface area contributed by atoms with Gasteiger partial charge in [0.05, 0.1) is 5.56 Å². The maximum atomic E-state index is 10.9. The van der Waals surface area contributed by atoms with E-state index in [2.05, 4.69) is 20.6 Å². The molecule has 1 aromatic heterocycles. The van der Waals surface area contributed by atoms with E-state index in [1.54, 1.807) is 12.1 Å². The van der Waals surface area contributed by atoms with Gasteiger partial charge in [0.15, 0.2) is 0 Å². The lowest BCUT2D eigenvalue weighted by molar-refractivity contribution is 0.0697. The van der Waals surface area contributed by atoms with E-state index in [9.17, 15) is 4.79 Å². The molecule has 3 rings (SSSR count). The maximum absolute atomic E-state index is 10.9. The monoisotopic (exact) mass is 368 g/mol. The average molecular weight is 369 g/mol. The highest BCUT2D eigenvalue weighted by Gasteiger charge is 2.06. The van der Waals surface area contributed by atoms with Crippen LogP contribution in [0, 0.1) is 6.92 Å². The number of anilines is 3. The van der Waals surface area contributed by atoms with Crippen LogP contribution < -0.4 is 10.6 Å². The Hall–Kier alpha value is -3.12. The number of carbonyl (C=O) groups is 1. The van der Waals surface area contributed by atoms with Gasteiger partial charge in [-0.05, 0) is 42.8 Å². The van der Waals surface area contributed by atoms with Crippen LogP contribution in [0.15, 0.2) is 54.6 Å². The van der Waals surface area contributed by atoms with E-state index in [1.807, 2.05) is 37.3 Å². The third kappa shape index (κ3) is 4.49. The number of halogens is 1. The van der Waals surface area contributed by atoms with Crippen LogP contribution in [0.5, 0.6) is 0 Å². The number of benzene rings is 2. The molecular formula is C19H17ClN4O2. The highest BCUT2D eigenvalue weighted by Crippen LogP contribution is 2.19. The van der Waals surface area contributed by atoms with E-state index in [1.165, 1.54) is 12.1 Å². The van der Waals surface area contributed by atoms with Crippen molar-refractivity contribution in [1.82, 2.24) is 9.97 Å². The normalized spacial score (nSPS) is 10.4. The Morgan fingerprint density at radius 2 is 1.85 bits per heavy atom. The van der Waals surface area contributed by atoms with Crippen molar-refractivity contribution in [3.05, 3.63) is 76.4 Å². The van der Waals surface area contributed by atoms with Gasteiger partial charge in [-0.3, -0.25) is 0 Å². The summed E-state index contributed by atoms with van der Waals surface area (Å²) in [5.74, 6) is 0.136. The minimum atomic E-state index is -0.958. The number of hydrogen-bond acceptors (Lipinski definition) is 5. The summed E-state index contributed by atoms with van der Waals surface area (Å²) in [6.45, 7) is 2.39. The van der Waals surface area contributed by atoms with E-state index < -0.39 is 5.97 Å². The van der Waals surface area contributed by atoms with Gasteiger partial charge in [-0.25, -0.2) is 9.78 Å². The van der Waals surface area contributed by atoms with E-state index in [0.717, 1.165) is 16.9 Å². The molecule has 26 heavy (non-hydrogen) atoms. The lowest BCUT2D eigenvalue weighted by Crippen LogP contribution is -2.06. The fourth-order valence-electron chi connectivity index (χ4n) is 2.37. The van der Waals surface area contributed by atoms with Crippen LogP contribution >= 0.6 is 11.6 Å². The van der Waals surface area contributed by atoms with Crippen LogP contribution in [0.25, 0.3) is 0 Å². The second-order valence-electron chi connectivity index (χ2n) is 5.67. The smallest absolute Gasteiger partial charge is 0.335 e. The molecule has 0 aliphatic heterocycles. The van der Waals surface area contributed by atoms with E-state index in [0.29, 0.717) is 23.3 Å². The summed E-state index contributed by atoms with van der Waals surface area (Å²) in [6.07, 6.45) is 0. The van der Waals surface area contributed by atoms with Gasteiger partial charge in [0.1, 0.15) is 5.82 Å². The number of nitrogens with one attached hydrogen (secondary N) is 2. The molecule has 0 bridgehead atoms. The summed E-state index contributed by atoms with van der Waals surface area (Å²) in [5.41, 5.74) is 2.73. The van der Waals surface area contributed by atoms with Gasteiger partial charge in [-0.1, -0.05) is 29.8 Å². The lowest BCUT2D eigenvalue weighted by Gasteiger charge is -2.11. The molecule has 132 valence electrons.